The van der Waals surface area contributed by atoms with Crippen molar-refractivity contribution >= 4 is 33.5 Å². The number of halogens is 1. The van der Waals surface area contributed by atoms with Gasteiger partial charge >= 0.3 is 5.97 Å². The Morgan fingerprint density at radius 3 is 2.38 bits per heavy atom. The normalized spacial score (nSPS) is 13.3. The van der Waals surface area contributed by atoms with Crippen LogP contribution >= 0.6 is 11.6 Å². The smallest absolute Gasteiger partial charge is 0.338 e. The van der Waals surface area contributed by atoms with Gasteiger partial charge in [0, 0.05) is 13.1 Å². The standard InChI is InChI=1S/C21H23ClN2O7S/c1-23-32(27,28)19-10-14(4-5-16(19)22)21(26)31-12-20(25)24-7-6-13-8-17(29-2)18(30-3)9-15(13)11-24/h4-5,8-10,23H,6-7,11-12H2,1-3H3. The van der Waals surface area contributed by atoms with Crippen LogP contribution in [-0.4, -0.2) is 59.6 Å². The predicted octanol–water partition coefficient (Wildman–Crippen LogP) is 2.01. The molecule has 0 aromatic heterocycles. The molecule has 0 saturated carbocycles. The van der Waals surface area contributed by atoms with Crippen molar-refractivity contribution in [3.8, 4) is 11.5 Å². The molecular weight excluding hydrogens is 460 g/mol. The van der Waals surface area contributed by atoms with Crippen LogP contribution in [0.25, 0.3) is 0 Å². The first-order valence-corrected chi connectivity index (χ1v) is 11.5. The van der Waals surface area contributed by atoms with Gasteiger partial charge in [0.05, 0.1) is 24.8 Å². The average molecular weight is 483 g/mol. The van der Waals surface area contributed by atoms with E-state index in [1.54, 1.807) is 19.1 Å². The first-order chi connectivity index (χ1) is 15.2. The summed E-state index contributed by atoms with van der Waals surface area (Å²) in [6.45, 7) is 0.333. The molecule has 0 atom stereocenters. The van der Waals surface area contributed by atoms with E-state index in [0.717, 1.165) is 17.2 Å². The number of methoxy groups -OCH3 is 2. The Balaban J connectivity index is 1.67. The van der Waals surface area contributed by atoms with Crippen molar-refractivity contribution in [1.82, 2.24) is 9.62 Å². The Hall–Kier alpha value is -2.82. The minimum absolute atomic E-state index is 0.0307. The zero-order chi connectivity index (χ0) is 23.5. The third-order valence-corrected chi connectivity index (χ3v) is 7.02. The van der Waals surface area contributed by atoms with Gasteiger partial charge < -0.3 is 19.1 Å². The molecule has 11 heteroatoms. The Morgan fingerprint density at radius 1 is 1.09 bits per heavy atom. The average Bonchev–Trinajstić information content (AvgIpc) is 2.80. The Kier molecular flexibility index (Phi) is 7.27. The molecule has 1 heterocycles. The highest BCUT2D eigenvalue weighted by Crippen LogP contribution is 2.33. The number of carbonyl (C=O) groups excluding carboxylic acids is 2. The number of nitrogens with zero attached hydrogens (tertiary/aromatic N) is 1. The zero-order valence-corrected chi connectivity index (χ0v) is 19.4. The van der Waals surface area contributed by atoms with Gasteiger partial charge in [-0.05, 0) is 54.9 Å². The van der Waals surface area contributed by atoms with Crippen molar-refractivity contribution in [3.63, 3.8) is 0 Å². The zero-order valence-electron chi connectivity index (χ0n) is 17.8. The number of rotatable bonds is 7. The summed E-state index contributed by atoms with van der Waals surface area (Å²) in [5, 5.41) is -0.0361. The quantitative estimate of drug-likeness (QED) is 0.601. The number of ether oxygens (including phenoxy) is 3. The molecule has 172 valence electrons. The monoisotopic (exact) mass is 482 g/mol. The van der Waals surface area contributed by atoms with Crippen molar-refractivity contribution in [2.75, 3.05) is 34.4 Å². The van der Waals surface area contributed by atoms with E-state index in [9.17, 15) is 18.0 Å². The van der Waals surface area contributed by atoms with Crippen LogP contribution in [0.3, 0.4) is 0 Å². The predicted molar refractivity (Wildman–Crippen MR) is 117 cm³/mol. The number of esters is 1. The molecule has 0 bridgehead atoms. The first-order valence-electron chi connectivity index (χ1n) is 9.62. The van der Waals surface area contributed by atoms with Crippen LogP contribution in [-0.2, 0) is 32.5 Å². The van der Waals surface area contributed by atoms with Crippen molar-refractivity contribution in [1.29, 1.82) is 0 Å². The van der Waals surface area contributed by atoms with Crippen LogP contribution in [0.15, 0.2) is 35.2 Å². The summed E-state index contributed by atoms with van der Waals surface area (Å²) in [6.07, 6.45) is 0.623. The van der Waals surface area contributed by atoms with Crippen LogP contribution in [0, 0.1) is 0 Å². The molecule has 1 aliphatic heterocycles. The molecule has 0 spiro atoms. The lowest BCUT2D eigenvalue weighted by atomic mass is 9.99. The summed E-state index contributed by atoms with van der Waals surface area (Å²) in [6, 6.07) is 7.45. The van der Waals surface area contributed by atoms with Gasteiger partial charge in [-0.25, -0.2) is 17.9 Å². The maximum Gasteiger partial charge on any atom is 0.338 e. The van der Waals surface area contributed by atoms with Crippen LogP contribution in [0.2, 0.25) is 5.02 Å². The number of sulfonamides is 1. The molecule has 32 heavy (non-hydrogen) atoms. The van der Waals surface area contributed by atoms with Crippen LogP contribution in [0.4, 0.5) is 0 Å². The number of amides is 1. The van der Waals surface area contributed by atoms with Gasteiger partial charge in [-0.3, -0.25) is 4.79 Å². The van der Waals surface area contributed by atoms with Crippen LogP contribution in [0.5, 0.6) is 11.5 Å². The molecule has 1 N–H and O–H groups in total. The molecule has 3 rings (SSSR count). The summed E-state index contributed by atoms with van der Waals surface area (Å²) in [5.74, 6) is 0.00632. The lowest BCUT2D eigenvalue weighted by molar-refractivity contribution is -0.135. The van der Waals surface area contributed by atoms with Crippen molar-refractivity contribution < 1.29 is 32.2 Å². The molecule has 2 aromatic carbocycles. The van der Waals surface area contributed by atoms with Crippen LogP contribution in [0.1, 0.15) is 21.5 Å². The van der Waals surface area contributed by atoms with Gasteiger partial charge in [0.25, 0.3) is 5.91 Å². The molecule has 0 fully saturated rings. The highest BCUT2D eigenvalue weighted by atomic mass is 35.5. The van der Waals surface area contributed by atoms with E-state index >= 15 is 0 Å². The van der Waals surface area contributed by atoms with E-state index in [0.29, 0.717) is 31.0 Å². The molecular formula is C21H23ClN2O7S. The molecule has 0 radical (unpaired) electrons. The number of nitrogens with one attached hydrogen (secondary N) is 1. The molecule has 0 unspecified atom stereocenters. The maximum atomic E-state index is 12.6. The van der Waals surface area contributed by atoms with Crippen molar-refractivity contribution in [2.24, 2.45) is 0 Å². The lowest BCUT2D eigenvalue weighted by Crippen LogP contribution is -2.38. The summed E-state index contributed by atoms with van der Waals surface area (Å²) < 4.78 is 42.0. The maximum absolute atomic E-state index is 12.6. The number of benzene rings is 2. The fraction of sp³-hybridized carbons (Fsp3) is 0.333. The van der Waals surface area contributed by atoms with Gasteiger partial charge in [-0.2, -0.15) is 0 Å². The fourth-order valence-electron chi connectivity index (χ4n) is 3.34. The summed E-state index contributed by atoms with van der Waals surface area (Å²) in [7, 11) is 0.483. The lowest BCUT2D eigenvalue weighted by Gasteiger charge is -2.29. The highest BCUT2D eigenvalue weighted by Gasteiger charge is 2.24. The molecule has 0 saturated heterocycles. The fourth-order valence-corrected chi connectivity index (χ4v) is 4.59. The van der Waals surface area contributed by atoms with Gasteiger partial charge in [0.1, 0.15) is 4.90 Å². The molecule has 1 aliphatic rings. The Morgan fingerprint density at radius 2 is 1.75 bits per heavy atom. The minimum Gasteiger partial charge on any atom is -0.493 e. The molecule has 2 aromatic rings. The van der Waals surface area contributed by atoms with E-state index in [2.05, 4.69) is 4.72 Å². The minimum atomic E-state index is -3.86. The highest BCUT2D eigenvalue weighted by molar-refractivity contribution is 7.89. The third-order valence-electron chi connectivity index (χ3n) is 5.12. The van der Waals surface area contributed by atoms with Gasteiger partial charge in [-0.1, -0.05) is 11.6 Å². The summed E-state index contributed by atoms with van der Waals surface area (Å²) in [4.78, 5) is 26.3. The number of carbonyl (C=O) groups is 2. The van der Waals surface area contributed by atoms with Gasteiger partial charge in [-0.15, -0.1) is 0 Å². The Labute approximate surface area is 191 Å². The SMILES string of the molecule is CNS(=O)(=O)c1cc(C(=O)OCC(=O)N2CCc3cc(OC)c(OC)cc3C2)ccc1Cl. The van der Waals surface area contributed by atoms with E-state index in [-0.39, 0.29) is 21.4 Å². The van der Waals surface area contributed by atoms with E-state index in [1.807, 2.05) is 12.1 Å². The van der Waals surface area contributed by atoms with Gasteiger partial charge in [0.2, 0.25) is 10.0 Å². The van der Waals surface area contributed by atoms with Crippen molar-refractivity contribution in [2.45, 2.75) is 17.9 Å². The largest absolute Gasteiger partial charge is 0.493 e. The van der Waals surface area contributed by atoms with E-state index in [1.165, 1.54) is 19.2 Å². The van der Waals surface area contributed by atoms with Crippen LogP contribution < -0.4 is 14.2 Å². The second kappa shape index (κ2) is 9.76. The van der Waals surface area contributed by atoms with E-state index < -0.39 is 22.6 Å². The second-order valence-corrected chi connectivity index (χ2v) is 9.23. The molecule has 0 aliphatic carbocycles. The molecule has 1 amide bonds. The number of hydrogen-bond acceptors (Lipinski definition) is 7. The Bertz CT molecular complexity index is 1150. The summed E-state index contributed by atoms with van der Waals surface area (Å²) >= 11 is 5.93. The number of hydrogen-bond donors (Lipinski definition) is 1. The second-order valence-electron chi connectivity index (χ2n) is 6.97. The van der Waals surface area contributed by atoms with Gasteiger partial charge in [0.15, 0.2) is 18.1 Å². The summed E-state index contributed by atoms with van der Waals surface area (Å²) in [5.41, 5.74) is 1.95. The third kappa shape index (κ3) is 4.98. The number of fused-ring (bicyclic) bond motifs is 1. The molecule has 9 nitrogen and oxygen atoms in total. The van der Waals surface area contributed by atoms with Crippen molar-refractivity contribution in [3.05, 3.63) is 52.0 Å². The topological polar surface area (TPSA) is 111 Å². The van der Waals surface area contributed by atoms with E-state index in [4.69, 9.17) is 25.8 Å². The first kappa shape index (κ1) is 23.8.